The number of carbonyl (C=O) groups is 1. The van der Waals surface area contributed by atoms with Crippen LogP contribution in [0.25, 0.3) is 16.6 Å². The Balaban J connectivity index is 1.26. The van der Waals surface area contributed by atoms with E-state index in [-0.39, 0.29) is 5.91 Å². The van der Waals surface area contributed by atoms with Gasteiger partial charge in [-0.2, -0.15) is 0 Å². The first-order chi connectivity index (χ1) is 19.6. The minimum atomic E-state index is -1.90. The number of imidazole rings is 1. The third-order valence-corrected chi connectivity index (χ3v) is 15.2. The fourth-order valence-corrected chi connectivity index (χ4v) is 12.7. The van der Waals surface area contributed by atoms with Crippen molar-refractivity contribution in [1.82, 2.24) is 19.7 Å². The fourth-order valence-electron chi connectivity index (χ4n) is 7.13. The number of H-pyrrole nitrogens is 1. The van der Waals surface area contributed by atoms with Gasteiger partial charge in [0, 0.05) is 36.5 Å². The van der Waals surface area contributed by atoms with Gasteiger partial charge in [-0.1, -0.05) is 47.6 Å². The standard InChI is InChI=1S/C32H45N5O3Si/c1-20(2)41(21(3)4,22(5)6)40-26-11-9-24(16-26)36-25-10-13-30-34-18-28(37(30)19-25)32(38)35-17-23-8-12-29(39-7)31-27(23)14-15-33-31/h8,10,12-15,18-22,24,26,33,36H,9,11,16-17H2,1-7H3,(H,35,38)/t24-,26-/m0/s1. The van der Waals surface area contributed by atoms with E-state index < -0.39 is 8.32 Å². The fraction of sp³-hybridized carbons (Fsp3) is 0.500. The summed E-state index contributed by atoms with van der Waals surface area (Å²) in [4.78, 5) is 20.9. The molecule has 1 aliphatic rings. The van der Waals surface area contributed by atoms with Crippen LogP contribution in [0.15, 0.2) is 48.9 Å². The van der Waals surface area contributed by atoms with Crippen LogP contribution >= 0.6 is 0 Å². The summed E-state index contributed by atoms with van der Waals surface area (Å²) in [6, 6.07) is 10.3. The van der Waals surface area contributed by atoms with E-state index >= 15 is 0 Å². The molecule has 2 atom stereocenters. The molecular formula is C32H45N5O3Si. The van der Waals surface area contributed by atoms with Crippen molar-refractivity contribution in [1.29, 1.82) is 0 Å². The van der Waals surface area contributed by atoms with Gasteiger partial charge in [0.25, 0.3) is 5.91 Å². The van der Waals surface area contributed by atoms with E-state index in [4.69, 9.17) is 9.16 Å². The maximum Gasteiger partial charge on any atom is 0.270 e. The highest BCUT2D eigenvalue weighted by molar-refractivity contribution is 6.77. The quantitative estimate of drug-likeness (QED) is 0.163. The first kappa shape index (κ1) is 29.2. The first-order valence-corrected chi connectivity index (χ1v) is 17.1. The zero-order valence-corrected chi connectivity index (χ0v) is 26.5. The highest BCUT2D eigenvalue weighted by Gasteiger charge is 2.47. The molecular weight excluding hydrogens is 530 g/mol. The van der Waals surface area contributed by atoms with E-state index in [0.29, 0.717) is 41.0 Å². The second kappa shape index (κ2) is 11.9. The van der Waals surface area contributed by atoms with Gasteiger partial charge in [-0.05, 0) is 65.7 Å². The number of rotatable bonds is 11. The Morgan fingerprint density at radius 2 is 1.83 bits per heavy atom. The van der Waals surface area contributed by atoms with Crippen molar-refractivity contribution >= 4 is 36.5 Å². The van der Waals surface area contributed by atoms with Gasteiger partial charge in [-0.3, -0.25) is 9.20 Å². The van der Waals surface area contributed by atoms with Crippen molar-refractivity contribution in [3.8, 4) is 5.75 Å². The number of nitrogens with one attached hydrogen (secondary N) is 3. The molecule has 1 amide bonds. The Morgan fingerprint density at radius 3 is 2.54 bits per heavy atom. The zero-order valence-electron chi connectivity index (χ0n) is 25.5. The molecule has 5 rings (SSSR count). The number of fused-ring (bicyclic) bond motifs is 2. The highest BCUT2D eigenvalue weighted by Crippen LogP contribution is 2.45. The van der Waals surface area contributed by atoms with Gasteiger partial charge in [0.2, 0.25) is 8.32 Å². The van der Waals surface area contributed by atoms with Crippen molar-refractivity contribution < 1.29 is 14.0 Å². The number of aromatic nitrogens is 3. The van der Waals surface area contributed by atoms with Crippen molar-refractivity contribution in [2.24, 2.45) is 0 Å². The number of ether oxygens (including phenoxy) is 1. The number of aromatic amines is 1. The number of hydrogen-bond acceptors (Lipinski definition) is 5. The molecule has 41 heavy (non-hydrogen) atoms. The van der Waals surface area contributed by atoms with Crippen LogP contribution in [0.1, 0.15) is 76.9 Å². The maximum absolute atomic E-state index is 13.2. The molecule has 9 heteroatoms. The molecule has 3 aromatic heterocycles. The first-order valence-electron chi connectivity index (χ1n) is 15.0. The van der Waals surface area contributed by atoms with Crippen LogP contribution in [0.3, 0.4) is 0 Å². The van der Waals surface area contributed by atoms with Crippen LogP contribution in [0, 0.1) is 0 Å². The van der Waals surface area contributed by atoms with Gasteiger partial charge >= 0.3 is 0 Å². The number of hydrogen-bond donors (Lipinski definition) is 3. The maximum atomic E-state index is 13.2. The van der Waals surface area contributed by atoms with Crippen LogP contribution in [0.5, 0.6) is 5.75 Å². The molecule has 4 aromatic rings. The summed E-state index contributed by atoms with van der Waals surface area (Å²) in [5.41, 5.74) is 5.94. The van der Waals surface area contributed by atoms with E-state index in [0.717, 1.165) is 52.8 Å². The predicted molar refractivity (Wildman–Crippen MR) is 168 cm³/mol. The number of carbonyl (C=O) groups excluding carboxylic acids is 1. The van der Waals surface area contributed by atoms with Gasteiger partial charge in [-0.25, -0.2) is 4.98 Å². The minimum Gasteiger partial charge on any atom is -0.495 e. The van der Waals surface area contributed by atoms with Gasteiger partial charge in [0.15, 0.2) is 0 Å². The summed E-state index contributed by atoms with van der Waals surface area (Å²) in [5.74, 6) is 0.615. The lowest BCUT2D eigenvalue weighted by atomic mass is 10.1. The third kappa shape index (κ3) is 5.62. The number of methoxy groups -OCH3 is 1. The molecule has 1 aliphatic carbocycles. The highest BCUT2D eigenvalue weighted by atomic mass is 28.4. The Labute approximate surface area is 244 Å². The molecule has 1 aromatic carbocycles. The molecule has 1 saturated carbocycles. The number of nitrogens with zero attached hydrogens (tertiary/aromatic N) is 2. The zero-order chi connectivity index (χ0) is 29.3. The van der Waals surface area contributed by atoms with Crippen LogP contribution in [0.4, 0.5) is 5.69 Å². The molecule has 220 valence electrons. The molecule has 8 nitrogen and oxygen atoms in total. The van der Waals surface area contributed by atoms with Crippen LogP contribution in [-0.2, 0) is 11.0 Å². The molecule has 0 bridgehead atoms. The van der Waals surface area contributed by atoms with E-state index in [1.165, 1.54) is 0 Å². The summed E-state index contributed by atoms with van der Waals surface area (Å²) in [7, 11) is -0.248. The van der Waals surface area contributed by atoms with Crippen LogP contribution < -0.4 is 15.4 Å². The average Bonchev–Trinajstić information content (AvgIpc) is 3.69. The number of pyridine rings is 1. The third-order valence-electron chi connectivity index (χ3n) is 9.01. The van der Waals surface area contributed by atoms with E-state index in [1.807, 2.05) is 47.1 Å². The molecule has 0 aliphatic heterocycles. The Hall–Kier alpha value is -3.30. The lowest BCUT2D eigenvalue weighted by molar-refractivity contribution is 0.0945. The molecule has 0 radical (unpaired) electrons. The van der Waals surface area contributed by atoms with Gasteiger partial charge in [0.05, 0.1) is 24.5 Å². The predicted octanol–water partition coefficient (Wildman–Crippen LogP) is 7.28. The minimum absolute atomic E-state index is 0.166. The number of benzene rings is 1. The van der Waals surface area contributed by atoms with Gasteiger partial charge in [-0.15, -0.1) is 0 Å². The number of amides is 1. The molecule has 0 unspecified atom stereocenters. The summed E-state index contributed by atoms with van der Waals surface area (Å²) < 4.78 is 14.4. The van der Waals surface area contributed by atoms with Crippen LogP contribution in [-0.4, -0.2) is 47.8 Å². The molecule has 3 N–H and O–H groups in total. The van der Waals surface area contributed by atoms with Crippen molar-refractivity contribution in [2.45, 2.75) is 96.1 Å². The van der Waals surface area contributed by atoms with Gasteiger partial charge in [0.1, 0.15) is 17.1 Å². The molecule has 3 heterocycles. The average molecular weight is 576 g/mol. The SMILES string of the molecule is COc1ccc(CNC(=O)c2cnc3ccc(N[C@H]4CC[C@H](O[Si](C(C)C)(C(C)C)C(C)C)C4)cn23)c2cc[nH]c12. The van der Waals surface area contributed by atoms with E-state index in [1.54, 1.807) is 13.3 Å². The Morgan fingerprint density at radius 1 is 1.07 bits per heavy atom. The van der Waals surface area contributed by atoms with Crippen molar-refractivity contribution in [3.05, 3.63) is 60.2 Å². The van der Waals surface area contributed by atoms with Crippen molar-refractivity contribution in [2.75, 3.05) is 12.4 Å². The van der Waals surface area contributed by atoms with Gasteiger partial charge < -0.3 is 24.8 Å². The Bertz CT molecular complexity index is 1490. The largest absolute Gasteiger partial charge is 0.495 e. The summed E-state index contributed by atoms with van der Waals surface area (Å²) in [5, 5.41) is 7.82. The monoisotopic (exact) mass is 575 g/mol. The Kier molecular flexibility index (Phi) is 8.47. The lowest BCUT2D eigenvalue weighted by Gasteiger charge is -2.44. The van der Waals surface area contributed by atoms with E-state index in [9.17, 15) is 4.79 Å². The molecule has 0 spiro atoms. The number of anilines is 1. The topological polar surface area (TPSA) is 92.7 Å². The normalized spacial score (nSPS) is 17.8. The van der Waals surface area contributed by atoms with Crippen molar-refractivity contribution in [3.63, 3.8) is 0 Å². The lowest BCUT2D eigenvalue weighted by Crippen LogP contribution is -2.50. The second-order valence-corrected chi connectivity index (χ2v) is 17.8. The smallest absolute Gasteiger partial charge is 0.270 e. The van der Waals surface area contributed by atoms with Crippen LogP contribution in [0.2, 0.25) is 16.6 Å². The molecule has 1 fully saturated rings. The summed E-state index contributed by atoms with van der Waals surface area (Å²) in [6.07, 6.45) is 8.97. The molecule has 0 saturated heterocycles. The summed E-state index contributed by atoms with van der Waals surface area (Å²) >= 11 is 0. The van der Waals surface area contributed by atoms with E-state index in [2.05, 4.69) is 62.1 Å². The second-order valence-electron chi connectivity index (χ2n) is 12.4. The summed E-state index contributed by atoms with van der Waals surface area (Å²) in [6.45, 7) is 14.5.